The Kier molecular flexibility index (Phi) is 4.55. The highest BCUT2D eigenvalue weighted by molar-refractivity contribution is 5.74. The molecular weight excluding hydrogens is 264 g/mol. The molecule has 1 N–H and O–H groups in total. The second-order valence-electron chi connectivity index (χ2n) is 7.55. The lowest BCUT2D eigenvalue weighted by Crippen LogP contribution is -2.46. The maximum absolute atomic E-state index is 11.8. The van der Waals surface area contributed by atoms with Gasteiger partial charge in [-0.3, -0.25) is 9.69 Å². The molecule has 3 rings (SSSR count). The fraction of sp³-hybridized carbons (Fsp3) is 0.941. The summed E-state index contributed by atoms with van der Waals surface area (Å²) in [5.74, 6) is 0.497. The van der Waals surface area contributed by atoms with Crippen molar-refractivity contribution in [1.29, 1.82) is 0 Å². The van der Waals surface area contributed by atoms with Gasteiger partial charge in [-0.05, 0) is 70.9 Å². The molecule has 0 aromatic heterocycles. The van der Waals surface area contributed by atoms with E-state index in [4.69, 9.17) is 0 Å². The molecule has 0 spiro atoms. The van der Waals surface area contributed by atoms with Crippen molar-refractivity contribution in [3.8, 4) is 0 Å². The zero-order chi connectivity index (χ0) is 15.0. The Balaban J connectivity index is 1.69. The molecule has 4 heteroatoms. The van der Waals surface area contributed by atoms with Crippen LogP contribution in [0.1, 0.15) is 52.4 Å². The summed E-state index contributed by atoms with van der Waals surface area (Å²) in [5.41, 5.74) is 0. The molecule has 3 fully saturated rings. The van der Waals surface area contributed by atoms with Gasteiger partial charge in [0.05, 0.1) is 0 Å². The highest BCUT2D eigenvalue weighted by Crippen LogP contribution is 2.44. The summed E-state index contributed by atoms with van der Waals surface area (Å²) in [4.78, 5) is 16.7. The van der Waals surface area contributed by atoms with Crippen LogP contribution in [-0.2, 0) is 4.79 Å². The Morgan fingerprint density at radius 2 is 1.90 bits per heavy atom. The Morgan fingerprint density at radius 3 is 2.62 bits per heavy atom. The summed E-state index contributed by atoms with van der Waals surface area (Å²) in [5, 5.41) is 9.72. The van der Waals surface area contributed by atoms with Crippen molar-refractivity contribution >= 4 is 5.97 Å². The number of nitrogens with zero attached hydrogens (tertiary/aromatic N) is 2. The smallest absolute Gasteiger partial charge is 0.321 e. The minimum absolute atomic E-state index is 0.201. The second-order valence-corrected chi connectivity index (χ2v) is 7.55. The molecule has 0 aromatic carbocycles. The van der Waals surface area contributed by atoms with Gasteiger partial charge in [-0.1, -0.05) is 6.42 Å². The molecule has 4 atom stereocenters. The van der Waals surface area contributed by atoms with E-state index in [2.05, 4.69) is 23.6 Å². The molecule has 2 aliphatic heterocycles. The van der Waals surface area contributed by atoms with Gasteiger partial charge < -0.3 is 10.0 Å². The molecule has 1 aliphatic carbocycles. The molecule has 0 amide bonds. The van der Waals surface area contributed by atoms with Crippen molar-refractivity contribution < 1.29 is 9.90 Å². The first-order chi connectivity index (χ1) is 10.1. The summed E-state index contributed by atoms with van der Waals surface area (Å²) < 4.78 is 0. The van der Waals surface area contributed by atoms with Gasteiger partial charge in [0, 0.05) is 18.6 Å². The van der Waals surface area contributed by atoms with Crippen LogP contribution in [0.25, 0.3) is 0 Å². The molecule has 120 valence electrons. The van der Waals surface area contributed by atoms with E-state index in [9.17, 15) is 9.90 Å². The molecule has 3 aliphatic rings. The molecule has 0 bridgehead atoms. The predicted molar refractivity (Wildman–Crippen MR) is 83.3 cm³/mol. The quantitative estimate of drug-likeness (QED) is 0.868. The molecule has 1 saturated carbocycles. The van der Waals surface area contributed by atoms with Gasteiger partial charge >= 0.3 is 5.97 Å². The van der Waals surface area contributed by atoms with Crippen LogP contribution in [0.4, 0.5) is 0 Å². The number of likely N-dealkylation sites (tertiary alicyclic amines) is 2. The van der Waals surface area contributed by atoms with E-state index in [1.807, 2.05) is 0 Å². The molecule has 4 nitrogen and oxygen atoms in total. The summed E-state index contributed by atoms with van der Waals surface area (Å²) in [6.45, 7) is 7.86. The third kappa shape index (κ3) is 2.98. The van der Waals surface area contributed by atoms with Crippen molar-refractivity contribution in [2.75, 3.05) is 19.6 Å². The van der Waals surface area contributed by atoms with E-state index in [0.29, 0.717) is 23.9 Å². The van der Waals surface area contributed by atoms with Crippen molar-refractivity contribution in [3.05, 3.63) is 0 Å². The van der Waals surface area contributed by atoms with Crippen LogP contribution in [-0.4, -0.2) is 58.6 Å². The average Bonchev–Trinajstić information content (AvgIpc) is 2.90. The number of hydrogen-bond acceptors (Lipinski definition) is 3. The van der Waals surface area contributed by atoms with E-state index in [-0.39, 0.29) is 6.04 Å². The normalized spacial score (nSPS) is 38.6. The van der Waals surface area contributed by atoms with E-state index in [1.165, 1.54) is 32.2 Å². The highest BCUT2D eigenvalue weighted by Gasteiger charge is 2.49. The van der Waals surface area contributed by atoms with Crippen LogP contribution in [0.2, 0.25) is 0 Å². The van der Waals surface area contributed by atoms with Crippen LogP contribution >= 0.6 is 0 Å². The third-order valence-electron chi connectivity index (χ3n) is 6.11. The Bertz CT molecular complexity index is 385. The first kappa shape index (κ1) is 15.3. The molecule has 21 heavy (non-hydrogen) atoms. The van der Waals surface area contributed by atoms with Crippen LogP contribution in [0.5, 0.6) is 0 Å². The standard InChI is InChI=1S/C17H30N2O2/c1-12(2)18-9-4-6-14(8-10-18)19-11-13-5-3-7-15(13)16(19)17(20)21/h12-16H,3-11H2,1-2H3,(H,20,21). The number of carboxylic acid groups (broad SMARTS) is 1. The number of hydrogen-bond donors (Lipinski definition) is 1. The number of fused-ring (bicyclic) bond motifs is 1. The van der Waals surface area contributed by atoms with Gasteiger partial charge in [-0.2, -0.15) is 0 Å². The molecule has 2 saturated heterocycles. The van der Waals surface area contributed by atoms with Crippen molar-refractivity contribution in [1.82, 2.24) is 9.80 Å². The molecule has 4 unspecified atom stereocenters. The molecule has 2 heterocycles. The van der Waals surface area contributed by atoms with Crippen molar-refractivity contribution in [2.24, 2.45) is 11.8 Å². The maximum Gasteiger partial charge on any atom is 0.321 e. The molecule has 0 radical (unpaired) electrons. The van der Waals surface area contributed by atoms with E-state index in [0.717, 1.165) is 25.9 Å². The average molecular weight is 294 g/mol. The third-order valence-corrected chi connectivity index (χ3v) is 6.11. The highest BCUT2D eigenvalue weighted by atomic mass is 16.4. The van der Waals surface area contributed by atoms with Gasteiger partial charge in [0.1, 0.15) is 6.04 Å². The van der Waals surface area contributed by atoms with E-state index < -0.39 is 5.97 Å². The zero-order valence-electron chi connectivity index (χ0n) is 13.5. The van der Waals surface area contributed by atoms with Gasteiger partial charge in [-0.25, -0.2) is 0 Å². The summed E-state index contributed by atoms with van der Waals surface area (Å²) in [6, 6.07) is 0.894. The van der Waals surface area contributed by atoms with Crippen LogP contribution < -0.4 is 0 Å². The second kappa shape index (κ2) is 6.25. The maximum atomic E-state index is 11.8. The van der Waals surface area contributed by atoms with Gasteiger partial charge in [0.15, 0.2) is 0 Å². The minimum Gasteiger partial charge on any atom is -0.480 e. The van der Waals surface area contributed by atoms with E-state index in [1.54, 1.807) is 0 Å². The summed E-state index contributed by atoms with van der Waals surface area (Å²) in [6.07, 6.45) is 7.13. The Labute approximate surface area is 128 Å². The van der Waals surface area contributed by atoms with Crippen LogP contribution in [0.3, 0.4) is 0 Å². The first-order valence-electron chi connectivity index (χ1n) is 8.80. The molecular formula is C17H30N2O2. The topological polar surface area (TPSA) is 43.8 Å². The lowest BCUT2D eigenvalue weighted by Gasteiger charge is -2.32. The number of aliphatic carboxylic acids is 1. The summed E-state index contributed by atoms with van der Waals surface area (Å²) >= 11 is 0. The Morgan fingerprint density at radius 1 is 1.10 bits per heavy atom. The number of carboxylic acids is 1. The lowest BCUT2D eigenvalue weighted by molar-refractivity contribution is -0.144. The van der Waals surface area contributed by atoms with Gasteiger partial charge in [0.25, 0.3) is 0 Å². The van der Waals surface area contributed by atoms with Crippen molar-refractivity contribution in [2.45, 2.75) is 70.5 Å². The van der Waals surface area contributed by atoms with E-state index >= 15 is 0 Å². The number of carbonyl (C=O) groups is 1. The lowest BCUT2D eigenvalue weighted by atomic mass is 9.94. The van der Waals surface area contributed by atoms with Gasteiger partial charge in [-0.15, -0.1) is 0 Å². The predicted octanol–water partition coefficient (Wildman–Crippen LogP) is 2.43. The largest absolute Gasteiger partial charge is 0.480 e. The monoisotopic (exact) mass is 294 g/mol. The Hall–Kier alpha value is -0.610. The zero-order valence-corrected chi connectivity index (χ0v) is 13.5. The van der Waals surface area contributed by atoms with Crippen molar-refractivity contribution in [3.63, 3.8) is 0 Å². The fourth-order valence-electron chi connectivity index (χ4n) is 4.99. The first-order valence-corrected chi connectivity index (χ1v) is 8.80. The van der Waals surface area contributed by atoms with Crippen LogP contribution in [0.15, 0.2) is 0 Å². The van der Waals surface area contributed by atoms with Gasteiger partial charge in [0.2, 0.25) is 0 Å². The van der Waals surface area contributed by atoms with Crippen LogP contribution in [0, 0.1) is 11.8 Å². The minimum atomic E-state index is -0.575. The summed E-state index contributed by atoms with van der Waals surface area (Å²) in [7, 11) is 0. The number of rotatable bonds is 3. The SMILES string of the molecule is CC(C)N1CCCC(N2CC3CCCC3C2C(=O)O)CC1. The molecule has 0 aromatic rings. The fourth-order valence-corrected chi connectivity index (χ4v) is 4.99.